The number of ether oxygens (including phenoxy) is 8. The molecule has 1 N–H and O–H groups in total. The van der Waals surface area contributed by atoms with E-state index in [9.17, 15) is 38.4 Å². The van der Waals surface area contributed by atoms with E-state index in [1.54, 1.807) is 104 Å². The third-order valence-electron chi connectivity index (χ3n) is 26.1. The standard InChI is InChI=1S/C16H27N2O2.C16H28N2O2.C16H28NO2S.C15H26NO2S.C14H23N2O2.C13H22NO2S.C11H17N2O2.C10H16NO2S/c1-4-11-18(6-3,12-5-2)13-14-20-16(19)15-7-9-17-10-8-15;1-4-7-12-18(6-3,11-5-2)13-14-20-16(19)15-9-8-10-17-15;1-4-7-11-17(6-3,10-5-2)12-13-19-16(18)15-9-8-14-20-15;1-4-9-16(6-3,10-5-2)11-12-18-15(17)14-8-7-13-19-14;1-4-16(5-2,6-3)11-12-18-14(17)13-7-9-15-10-8-13;1-4-14(5-2,6-3)9-10-16-13(15)12-8-7-11-17-12;1-13(2,3)8-9-15-11(14)10-4-6-12-7-5-10;1-11(2,3)6-7-13-10(12)9-5-4-8-14-9/h7-10H,4-6,11-14H2,1-3H3;8-10H,4-7,11-14H2,1-3H3;8-9,14H,4-7,10-13H2,1-3H3;7-8,13H,4-6,9-12H2,1-3H3;7-10H,4-6,11-12H2,1-3H3;7-8,11H,4-6,9-10H2,1-3H3;4-7H,8-9H2,1-3H3;4-5,8H,6-7H2,1-3H3/q+1;;6*+1/p+1. The van der Waals surface area contributed by atoms with Crippen molar-refractivity contribution in [3.05, 3.63) is 204 Å². The van der Waals surface area contributed by atoms with Gasteiger partial charge in [0.25, 0.3) is 0 Å². The van der Waals surface area contributed by atoms with Crippen LogP contribution in [0.2, 0.25) is 0 Å². The summed E-state index contributed by atoms with van der Waals surface area (Å²) < 4.78 is 50.3. The van der Waals surface area contributed by atoms with Crippen molar-refractivity contribution >= 4 is 93.1 Å². The lowest BCUT2D eigenvalue weighted by molar-refractivity contribution is -0.926. The van der Waals surface area contributed by atoms with Gasteiger partial charge in [-0.1, -0.05) is 92.5 Å². The van der Waals surface area contributed by atoms with Crippen LogP contribution in [0.15, 0.2) is 162 Å². The molecule has 28 nitrogen and oxygen atoms in total. The molecule has 0 aliphatic rings. The fraction of sp³-hybridized carbons (Fsp3) is 0.613. The van der Waals surface area contributed by atoms with E-state index in [0.717, 1.165) is 186 Å². The third kappa shape index (κ3) is 55.9. The lowest BCUT2D eigenvalue weighted by Crippen LogP contribution is -2.51. The van der Waals surface area contributed by atoms with Crippen LogP contribution in [0, 0.1) is 0 Å². The average Bonchev–Trinajstić information content (AvgIpc) is 1.86. The summed E-state index contributed by atoms with van der Waals surface area (Å²) in [6.45, 7) is 71.0. The average molecular weight is 2080 g/mol. The van der Waals surface area contributed by atoms with Crippen molar-refractivity contribution < 1.29 is 112 Å². The number of carbonyl (C=O) groups is 8. The predicted octanol–water partition coefficient (Wildman–Crippen LogP) is 21.1. The van der Waals surface area contributed by atoms with E-state index in [2.05, 4.69) is 187 Å². The molecule has 8 rings (SSSR count). The Labute approximate surface area is 877 Å². The monoisotopic (exact) mass is 2070 g/mol. The van der Waals surface area contributed by atoms with Crippen molar-refractivity contribution in [2.24, 2.45) is 0 Å². The molecule has 0 spiro atoms. The van der Waals surface area contributed by atoms with Gasteiger partial charge in [0.15, 0.2) is 0 Å². The van der Waals surface area contributed by atoms with Crippen LogP contribution in [-0.2, 0) is 37.9 Å². The number of rotatable bonds is 60. The number of esters is 8. The minimum absolute atomic E-state index is 0.179. The van der Waals surface area contributed by atoms with Gasteiger partial charge in [0, 0.05) is 43.4 Å². The highest BCUT2D eigenvalue weighted by atomic mass is 32.1. The van der Waals surface area contributed by atoms with Gasteiger partial charge in [-0.2, -0.15) is 0 Å². The van der Waals surface area contributed by atoms with Crippen molar-refractivity contribution in [1.29, 1.82) is 0 Å². The Morgan fingerprint density at radius 2 is 0.448 bits per heavy atom. The molecule has 0 fully saturated rings. The molecule has 0 aliphatic heterocycles. The molecule has 0 radical (unpaired) electrons. The summed E-state index contributed by atoms with van der Waals surface area (Å²) in [5.74, 6) is -1.83. The summed E-state index contributed by atoms with van der Waals surface area (Å²) in [5, 5.41) is 7.57. The molecule has 2 unspecified atom stereocenters. The van der Waals surface area contributed by atoms with Crippen molar-refractivity contribution in [3.8, 4) is 0 Å². The van der Waals surface area contributed by atoms with E-state index in [0.29, 0.717) is 94.7 Å². The van der Waals surface area contributed by atoms with Crippen LogP contribution in [0.4, 0.5) is 0 Å². The fourth-order valence-electron chi connectivity index (χ4n) is 16.3. The summed E-state index contributed by atoms with van der Waals surface area (Å²) in [6.07, 6.45) is 23.2. The number of H-pyrrole nitrogens is 1. The molecular weight excluding hydrogens is 1890 g/mol. The van der Waals surface area contributed by atoms with Gasteiger partial charge < -0.3 is 78.7 Å². The second kappa shape index (κ2) is 76.5. The summed E-state index contributed by atoms with van der Waals surface area (Å²) in [7, 11) is 12.4. The molecule has 0 bridgehead atoms. The first-order valence-corrected chi connectivity index (χ1v) is 56.1. The Balaban J connectivity index is 0.000000819. The van der Waals surface area contributed by atoms with Gasteiger partial charge >= 0.3 is 47.8 Å². The number of thiophene rings is 4. The number of likely N-dealkylation sites (N-methyl/N-ethyl adjacent to an activating group) is 8. The van der Waals surface area contributed by atoms with Gasteiger partial charge in [-0.3, -0.25) is 15.0 Å². The van der Waals surface area contributed by atoms with Crippen LogP contribution >= 0.6 is 45.3 Å². The molecule has 8 aromatic heterocycles. The number of pyridine rings is 3. The molecule has 8 aromatic rings. The van der Waals surface area contributed by atoms with E-state index < -0.39 is 0 Å². The molecule has 0 saturated heterocycles. The minimum Gasteiger partial charge on any atom is -0.456 e. The predicted molar refractivity (Wildman–Crippen MR) is 586 cm³/mol. The second-order valence-electron chi connectivity index (χ2n) is 37.9. The highest BCUT2D eigenvalue weighted by molar-refractivity contribution is 7.12. The van der Waals surface area contributed by atoms with Crippen molar-refractivity contribution in [3.63, 3.8) is 0 Å². The molecule has 804 valence electrons. The van der Waals surface area contributed by atoms with E-state index in [1.807, 2.05) is 57.9 Å². The van der Waals surface area contributed by atoms with Crippen LogP contribution in [-0.4, -0.2) is 369 Å². The topological polar surface area (TPSA) is 265 Å². The number of quaternary nitrogens is 8. The Hall–Kier alpha value is -9.03. The van der Waals surface area contributed by atoms with Crippen LogP contribution in [0.3, 0.4) is 0 Å². The normalized spacial score (nSPS) is 12.1. The van der Waals surface area contributed by atoms with E-state index in [4.69, 9.17) is 37.9 Å². The molecule has 0 saturated carbocycles. The number of carbonyl (C=O) groups excluding carboxylic acids is 8. The largest absolute Gasteiger partial charge is 0.456 e. The van der Waals surface area contributed by atoms with Crippen molar-refractivity contribution in [1.82, 2.24) is 19.9 Å². The quantitative estimate of drug-likeness (QED) is 0.0211. The van der Waals surface area contributed by atoms with Crippen LogP contribution in [0.1, 0.15) is 269 Å². The molecule has 2 atom stereocenters. The summed E-state index contributed by atoms with van der Waals surface area (Å²) >= 11 is 5.71. The second-order valence-corrected chi connectivity index (χ2v) is 41.7. The lowest BCUT2D eigenvalue weighted by atomic mass is 10.2. The molecule has 0 amide bonds. The van der Waals surface area contributed by atoms with Gasteiger partial charge in [-0.05, 0) is 215 Å². The number of aromatic nitrogens is 4. The zero-order valence-electron chi connectivity index (χ0n) is 92.3. The first-order valence-electron chi connectivity index (χ1n) is 52.6. The SMILES string of the molecule is CCCC[N+](CC)(CCC)CCOC(=O)c1ccc[nH]1.CCCC[N+](CC)(CCC)CCOC(=O)c1cccs1.CCC[N+](CC)(CCC)CCOC(=O)c1cccs1.CCC[N+](CC)(CCC)CCOC(=O)c1ccncc1.CC[N+](CC)(CC)CCOC(=O)c1cccs1.CC[N+](CC)(CC)CCOC(=O)c1ccncc1.C[N+](C)(C)CCOC(=O)c1cccs1.C[N+](C)(C)CCOC(=O)c1ccncc1. The Morgan fingerprint density at radius 3 is 0.636 bits per heavy atom. The molecular formula is C111H188N12O16S4+8. The number of hydrogen-bond acceptors (Lipinski definition) is 23. The summed E-state index contributed by atoms with van der Waals surface area (Å²) in [4.78, 5) is 111. The first-order chi connectivity index (χ1) is 68.5. The molecule has 0 aromatic carbocycles. The number of nitrogens with zero attached hydrogens (tertiary/aromatic N) is 11. The lowest BCUT2D eigenvalue weighted by Gasteiger charge is -2.37. The van der Waals surface area contributed by atoms with Crippen LogP contribution in [0.25, 0.3) is 0 Å². The fourth-order valence-corrected chi connectivity index (χ4v) is 18.8. The first kappa shape index (κ1) is 132. The molecule has 0 aliphatic carbocycles. The minimum atomic E-state index is -0.286. The number of nitrogens with one attached hydrogen (secondary N) is 1. The third-order valence-corrected chi connectivity index (χ3v) is 29.5. The van der Waals surface area contributed by atoms with Crippen molar-refractivity contribution in [2.75, 3.05) is 265 Å². The van der Waals surface area contributed by atoms with E-state index >= 15 is 0 Å². The van der Waals surface area contributed by atoms with Gasteiger partial charge in [-0.15, -0.1) is 45.3 Å². The summed E-state index contributed by atoms with van der Waals surface area (Å²) in [6, 6.07) is 28.2. The smallest absolute Gasteiger partial charge is 0.354 e. The van der Waals surface area contributed by atoms with Crippen LogP contribution in [0.5, 0.6) is 0 Å². The Morgan fingerprint density at radius 1 is 0.238 bits per heavy atom. The van der Waals surface area contributed by atoms with Gasteiger partial charge in [0.1, 0.15) is 130 Å². The van der Waals surface area contributed by atoms with Crippen LogP contribution < -0.4 is 0 Å². The Kier molecular flexibility index (Phi) is 70.6. The van der Waals surface area contributed by atoms with Gasteiger partial charge in [0.05, 0.1) is 177 Å². The zero-order valence-corrected chi connectivity index (χ0v) is 95.6. The maximum absolute atomic E-state index is 11.9. The Bertz CT molecular complexity index is 4420. The van der Waals surface area contributed by atoms with Crippen molar-refractivity contribution in [2.45, 2.75) is 189 Å². The summed E-state index contributed by atoms with van der Waals surface area (Å²) in [5.41, 5.74) is 2.21. The van der Waals surface area contributed by atoms with Gasteiger partial charge in [-0.25, -0.2) is 38.4 Å². The zero-order chi connectivity index (χ0) is 107. The van der Waals surface area contributed by atoms with Gasteiger partial charge in [0.2, 0.25) is 0 Å². The van der Waals surface area contributed by atoms with E-state index in [-0.39, 0.29) is 47.8 Å². The van der Waals surface area contributed by atoms with E-state index in [1.165, 1.54) is 129 Å². The number of hydrogen-bond donors (Lipinski definition) is 1. The molecule has 143 heavy (non-hydrogen) atoms. The highest BCUT2D eigenvalue weighted by Crippen LogP contribution is 2.20. The maximum atomic E-state index is 11.9. The number of aromatic amines is 1. The number of unbranched alkanes of at least 4 members (excludes halogenated alkanes) is 2. The molecule has 8 heterocycles. The highest BCUT2D eigenvalue weighted by Gasteiger charge is 2.30. The molecule has 32 heteroatoms. The maximum Gasteiger partial charge on any atom is 0.354 e.